The lowest BCUT2D eigenvalue weighted by Crippen LogP contribution is -2.20. The number of nitrogens with one attached hydrogen (secondary N) is 1. The Morgan fingerprint density at radius 1 is 1.33 bits per heavy atom. The molecule has 6 heteroatoms. The molecular formula is C9H19NO3S2. The summed E-state index contributed by atoms with van der Waals surface area (Å²) >= 11 is 0. The molecule has 0 radical (unpaired) electrons. The summed E-state index contributed by atoms with van der Waals surface area (Å²) in [5.41, 5.74) is 0. The Hall–Kier alpha value is 0.0600. The number of sulfone groups is 1. The minimum absolute atomic E-state index is 0.0374. The normalized spacial score (nSPS) is 19.0. The van der Waals surface area contributed by atoms with Crippen LogP contribution in [-0.2, 0) is 20.6 Å². The van der Waals surface area contributed by atoms with Crippen molar-refractivity contribution in [3.05, 3.63) is 0 Å². The van der Waals surface area contributed by atoms with Crippen molar-refractivity contribution in [2.75, 3.05) is 30.1 Å². The summed E-state index contributed by atoms with van der Waals surface area (Å²) in [4.78, 5) is 0. The second kappa shape index (κ2) is 5.96. The molecule has 1 N–H and O–H groups in total. The zero-order valence-corrected chi connectivity index (χ0v) is 10.7. The van der Waals surface area contributed by atoms with Crippen molar-refractivity contribution in [3.63, 3.8) is 0 Å². The van der Waals surface area contributed by atoms with Crippen LogP contribution in [0.15, 0.2) is 0 Å². The Morgan fingerprint density at radius 3 is 2.53 bits per heavy atom. The van der Waals surface area contributed by atoms with Crippen LogP contribution in [0.4, 0.5) is 0 Å². The lowest BCUT2D eigenvalue weighted by atomic mass is 10.5. The average molecular weight is 253 g/mol. The molecule has 0 amide bonds. The minimum atomic E-state index is -2.96. The van der Waals surface area contributed by atoms with Crippen molar-refractivity contribution in [2.45, 2.75) is 25.3 Å². The van der Waals surface area contributed by atoms with Crippen LogP contribution >= 0.6 is 0 Å². The van der Waals surface area contributed by atoms with Crippen molar-refractivity contribution >= 4 is 20.6 Å². The topological polar surface area (TPSA) is 63.2 Å². The van der Waals surface area contributed by atoms with Gasteiger partial charge in [-0.2, -0.15) is 0 Å². The molecule has 0 aromatic carbocycles. The second-order valence-corrected chi connectivity index (χ2v) is 8.02. The van der Waals surface area contributed by atoms with Gasteiger partial charge in [0.2, 0.25) is 0 Å². The van der Waals surface area contributed by atoms with Crippen molar-refractivity contribution < 1.29 is 12.6 Å². The van der Waals surface area contributed by atoms with Gasteiger partial charge in [-0.05, 0) is 25.8 Å². The molecule has 1 atom stereocenters. The maximum absolute atomic E-state index is 11.4. The molecule has 1 unspecified atom stereocenters. The Labute approximate surface area is 94.2 Å². The van der Waals surface area contributed by atoms with Crippen molar-refractivity contribution in [3.8, 4) is 0 Å². The van der Waals surface area contributed by atoms with Gasteiger partial charge >= 0.3 is 0 Å². The van der Waals surface area contributed by atoms with Crippen molar-refractivity contribution in [1.29, 1.82) is 0 Å². The van der Waals surface area contributed by atoms with Gasteiger partial charge in [0, 0.05) is 34.6 Å². The van der Waals surface area contributed by atoms with Gasteiger partial charge in [0.25, 0.3) is 0 Å². The summed E-state index contributed by atoms with van der Waals surface area (Å²) in [7, 11) is -3.94. The summed E-state index contributed by atoms with van der Waals surface area (Å²) in [6, 6.07) is 0.689. The molecule has 0 aromatic rings. The van der Waals surface area contributed by atoms with Crippen LogP contribution in [-0.4, -0.2) is 48.7 Å². The van der Waals surface area contributed by atoms with Gasteiger partial charge < -0.3 is 5.32 Å². The van der Waals surface area contributed by atoms with Gasteiger partial charge in [-0.1, -0.05) is 0 Å². The van der Waals surface area contributed by atoms with E-state index in [0.29, 0.717) is 11.8 Å². The molecule has 1 aliphatic rings. The van der Waals surface area contributed by atoms with E-state index in [1.54, 1.807) is 0 Å². The van der Waals surface area contributed by atoms with Gasteiger partial charge in [0.15, 0.2) is 0 Å². The highest BCUT2D eigenvalue weighted by molar-refractivity contribution is 7.92. The molecule has 90 valence electrons. The molecule has 4 nitrogen and oxygen atoms in total. The fraction of sp³-hybridized carbons (Fsp3) is 1.00. The predicted octanol–water partition coefficient (Wildman–Crippen LogP) is -0.0782. The van der Waals surface area contributed by atoms with Crippen LogP contribution in [0.5, 0.6) is 0 Å². The first-order valence-electron chi connectivity index (χ1n) is 5.23. The quantitative estimate of drug-likeness (QED) is 0.615. The van der Waals surface area contributed by atoms with E-state index in [2.05, 4.69) is 5.32 Å². The Bertz CT molecular complexity index is 309. The van der Waals surface area contributed by atoms with E-state index in [1.165, 1.54) is 19.1 Å². The summed E-state index contributed by atoms with van der Waals surface area (Å²) in [6.45, 7) is 0.898. The maximum atomic E-state index is 11.4. The molecule has 0 bridgehead atoms. The molecule has 0 heterocycles. The van der Waals surface area contributed by atoms with Crippen LogP contribution in [0, 0.1) is 0 Å². The standard InChI is InChI=1S/C9H19NO3S2/c1-15(12,13)8-7-14(11)6-2-5-10-9-3-4-9/h9-10H,2-8H2,1H3. The largest absolute Gasteiger partial charge is 0.314 e. The summed E-state index contributed by atoms with van der Waals surface area (Å²) in [5, 5.41) is 3.33. The van der Waals surface area contributed by atoms with Gasteiger partial charge in [-0.25, -0.2) is 8.42 Å². The zero-order valence-electron chi connectivity index (χ0n) is 9.07. The van der Waals surface area contributed by atoms with Crippen LogP contribution in [0.25, 0.3) is 0 Å². The van der Waals surface area contributed by atoms with E-state index < -0.39 is 20.6 Å². The molecular weight excluding hydrogens is 234 g/mol. The molecule has 15 heavy (non-hydrogen) atoms. The van der Waals surface area contributed by atoms with Crippen LogP contribution < -0.4 is 5.32 Å². The Morgan fingerprint density at radius 2 is 2.00 bits per heavy atom. The lowest BCUT2D eigenvalue weighted by Gasteiger charge is -2.02. The number of hydrogen-bond acceptors (Lipinski definition) is 4. The molecule has 0 saturated heterocycles. The van der Waals surface area contributed by atoms with E-state index in [-0.39, 0.29) is 11.5 Å². The maximum Gasteiger partial charge on any atom is 0.148 e. The fourth-order valence-electron chi connectivity index (χ4n) is 1.17. The first-order chi connectivity index (χ1) is 6.97. The third kappa shape index (κ3) is 7.93. The third-order valence-electron chi connectivity index (χ3n) is 2.24. The first kappa shape index (κ1) is 13.1. The SMILES string of the molecule is CS(=O)(=O)CCS(=O)CCCNC1CC1. The van der Waals surface area contributed by atoms with Gasteiger partial charge in [0.1, 0.15) is 9.84 Å². The highest BCUT2D eigenvalue weighted by Gasteiger charge is 2.19. The third-order valence-corrected chi connectivity index (χ3v) is 4.85. The van der Waals surface area contributed by atoms with E-state index in [4.69, 9.17) is 0 Å². The van der Waals surface area contributed by atoms with E-state index in [0.717, 1.165) is 13.0 Å². The van der Waals surface area contributed by atoms with Crippen LogP contribution in [0.1, 0.15) is 19.3 Å². The highest BCUT2D eigenvalue weighted by atomic mass is 32.2. The van der Waals surface area contributed by atoms with E-state index >= 15 is 0 Å². The lowest BCUT2D eigenvalue weighted by molar-refractivity contribution is 0.602. The van der Waals surface area contributed by atoms with Crippen molar-refractivity contribution in [1.82, 2.24) is 5.32 Å². The smallest absolute Gasteiger partial charge is 0.148 e. The van der Waals surface area contributed by atoms with E-state index in [9.17, 15) is 12.6 Å². The molecule has 0 spiro atoms. The summed E-state index contributed by atoms with van der Waals surface area (Å²) < 4.78 is 33.0. The van der Waals surface area contributed by atoms with Crippen molar-refractivity contribution in [2.24, 2.45) is 0 Å². The second-order valence-electron chi connectivity index (χ2n) is 4.06. The fourth-order valence-corrected chi connectivity index (χ4v) is 3.80. The number of rotatable bonds is 8. The molecule has 1 saturated carbocycles. The summed E-state index contributed by atoms with van der Waals surface area (Å²) in [5.74, 6) is 0.924. The van der Waals surface area contributed by atoms with E-state index in [1.807, 2.05) is 0 Å². The monoisotopic (exact) mass is 253 g/mol. The van der Waals surface area contributed by atoms with Gasteiger partial charge in [-0.3, -0.25) is 4.21 Å². The molecule has 1 fully saturated rings. The van der Waals surface area contributed by atoms with Gasteiger partial charge in [0.05, 0.1) is 5.75 Å². The highest BCUT2D eigenvalue weighted by Crippen LogP contribution is 2.18. The average Bonchev–Trinajstić information content (AvgIpc) is 2.91. The predicted molar refractivity (Wildman–Crippen MR) is 63.2 cm³/mol. The van der Waals surface area contributed by atoms with Crippen LogP contribution in [0.2, 0.25) is 0 Å². The molecule has 0 aliphatic heterocycles. The summed E-state index contributed by atoms with van der Waals surface area (Å²) in [6.07, 6.45) is 4.57. The first-order valence-corrected chi connectivity index (χ1v) is 8.78. The Balaban J connectivity index is 1.97. The minimum Gasteiger partial charge on any atom is -0.314 e. The molecule has 1 rings (SSSR count). The van der Waals surface area contributed by atoms with Gasteiger partial charge in [-0.15, -0.1) is 0 Å². The zero-order chi connectivity index (χ0) is 11.3. The Kier molecular flexibility index (Phi) is 5.22. The molecule has 0 aromatic heterocycles. The van der Waals surface area contributed by atoms with Crippen LogP contribution in [0.3, 0.4) is 0 Å². The number of hydrogen-bond donors (Lipinski definition) is 1. The molecule has 1 aliphatic carbocycles.